The molecular weight excluding hydrogens is 364 g/mol. The molecule has 1 amide bonds. The van der Waals surface area contributed by atoms with Gasteiger partial charge in [-0.3, -0.25) is 4.79 Å². The van der Waals surface area contributed by atoms with Crippen LogP contribution in [0.1, 0.15) is 42.2 Å². The molecule has 0 saturated heterocycles. The maximum absolute atomic E-state index is 12.8. The molecule has 144 valence electrons. The number of fused-ring (bicyclic) bond motifs is 1. The van der Waals surface area contributed by atoms with Crippen LogP contribution in [0.2, 0.25) is 0 Å². The highest BCUT2D eigenvalue weighted by Gasteiger charge is 2.25. The summed E-state index contributed by atoms with van der Waals surface area (Å²) < 4.78 is 32.4. The molecule has 0 spiro atoms. The first-order valence-corrected chi connectivity index (χ1v) is 10.5. The fraction of sp³-hybridized carbons (Fsp3) is 0.350. The van der Waals surface area contributed by atoms with Gasteiger partial charge >= 0.3 is 0 Å². The van der Waals surface area contributed by atoms with Crippen LogP contribution in [0.15, 0.2) is 53.4 Å². The lowest BCUT2D eigenvalue weighted by Crippen LogP contribution is -2.33. The molecule has 1 aliphatic heterocycles. The lowest BCUT2D eigenvalue weighted by molar-refractivity contribution is 0.0924. The molecule has 0 radical (unpaired) electrons. The van der Waals surface area contributed by atoms with Crippen molar-refractivity contribution >= 4 is 15.9 Å². The van der Waals surface area contributed by atoms with Crippen molar-refractivity contribution in [3.05, 3.63) is 59.7 Å². The molecule has 0 saturated carbocycles. The first kappa shape index (κ1) is 19.4. The SMILES string of the molecule is CCN(CC)S(=O)(=O)c1cccc(C(=O)NC2CCOc3ccccc32)c1. The summed E-state index contributed by atoms with van der Waals surface area (Å²) in [5.74, 6) is 0.472. The van der Waals surface area contributed by atoms with E-state index in [9.17, 15) is 13.2 Å². The summed E-state index contributed by atoms with van der Waals surface area (Å²) in [5, 5.41) is 3.00. The van der Waals surface area contributed by atoms with Gasteiger partial charge in [-0.05, 0) is 24.3 Å². The van der Waals surface area contributed by atoms with Gasteiger partial charge in [-0.1, -0.05) is 38.1 Å². The third kappa shape index (κ3) is 3.99. The van der Waals surface area contributed by atoms with Crippen molar-refractivity contribution in [1.29, 1.82) is 0 Å². The summed E-state index contributed by atoms with van der Waals surface area (Å²) in [4.78, 5) is 12.9. The number of hydrogen-bond donors (Lipinski definition) is 1. The fourth-order valence-corrected chi connectivity index (χ4v) is 4.75. The van der Waals surface area contributed by atoms with Gasteiger partial charge in [0.05, 0.1) is 17.5 Å². The van der Waals surface area contributed by atoms with Crippen molar-refractivity contribution in [3.8, 4) is 5.75 Å². The molecule has 0 fully saturated rings. The Balaban J connectivity index is 1.83. The average Bonchev–Trinajstić information content (AvgIpc) is 2.69. The zero-order valence-corrected chi connectivity index (χ0v) is 16.3. The number of rotatable bonds is 6. The van der Waals surface area contributed by atoms with Gasteiger partial charge in [0.2, 0.25) is 10.0 Å². The van der Waals surface area contributed by atoms with Crippen LogP contribution in [0.4, 0.5) is 0 Å². The first-order chi connectivity index (χ1) is 13.0. The summed E-state index contributed by atoms with van der Waals surface area (Å²) in [6.07, 6.45) is 0.667. The second-order valence-electron chi connectivity index (χ2n) is 6.32. The Labute approximate surface area is 160 Å². The molecule has 1 heterocycles. The summed E-state index contributed by atoms with van der Waals surface area (Å²) in [6.45, 7) is 4.88. The molecule has 0 bridgehead atoms. The molecule has 3 rings (SSSR count). The van der Waals surface area contributed by atoms with E-state index in [4.69, 9.17) is 4.74 Å². The molecule has 27 heavy (non-hydrogen) atoms. The number of nitrogens with one attached hydrogen (secondary N) is 1. The van der Waals surface area contributed by atoms with E-state index in [1.165, 1.54) is 16.4 Å². The number of nitrogens with zero attached hydrogens (tertiary/aromatic N) is 1. The van der Waals surface area contributed by atoms with E-state index in [1.807, 2.05) is 24.3 Å². The van der Waals surface area contributed by atoms with Crippen molar-refractivity contribution < 1.29 is 17.9 Å². The predicted molar refractivity (Wildman–Crippen MR) is 103 cm³/mol. The minimum absolute atomic E-state index is 0.131. The third-order valence-corrected chi connectivity index (χ3v) is 6.75. The van der Waals surface area contributed by atoms with E-state index < -0.39 is 10.0 Å². The van der Waals surface area contributed by atoms with Crippen LogP contribution in [0.3, 0.4) is 0 Å². The van der Waals surface area contributed by atoms with Crippen LogP contribution in [0.25, 0.3) is 0 Å². The second-order valence-corrected chi connectivity index (χ2v) is 8.26. The number of ether oxygens (including phenoxy) is 1. The lowest BCUT2D eigenvalue weighted by atomic mass is 10.00. The summed E-state index contributed by atoms with van der Waals surface area (Å²) in [7, 11) is -3.61. The topological polar surface area (TPSA) is 75.7 Å². The highest BCUT2D eigenvalue weighted by atomic mass is 32.2. The Morgan fingerprint density at radius 1 is 1.15 bits per heavy atom. The van der Waals surface area contributed by atoms with E-state index in [0.29, 0.717) is 31.7 Å². The van der Waals surface area contributed by atoms with Gasteiger partial charge in [0.15, 0.2) is 0 Å². The van der Waals surface area contributed by atoms with Crippen LogP contribution in [-0.4, -0.2) is 38.3 Å². The second kappa shape index (κ2) is 8.10. The van der Waals surface area contributed by atoms with Crippen LogP contribution in [-0.2, 0) is 10.0 Å². The van der Waals surface area contributed by atoms with Crippen LogP contribution in [0, 0.1) is 0 Å². The standard InChI is InChI=1S/C20H24N2O4S/c1-3-22(4-2)27(24,25)16-9-7-8-15(14-16)20(23)21-18-12-13-26-19-11-6-5-10-17(18)19/h5-11,14,18H,3-4,12-13H2,1-2H3,(H,21,23). The van der Waals surface area contributed by atoms with Crippen molar-refractivity contribution in [2.45, 2.75) is 31.2 Å². The molecule has 1 aliphatic rings. The predicted octanol–water partition coefficient (Wildman–Crippen LogP) is 2.97. The normalized spacial score (nSPS) is 16.5. The average molecular weight is 388 g/mol. The van der Waals surface area contributed by atoms with Crippen molar-refractivity contribution in [2.24, 2.45) is 0 Å². The van der Waals surface area contributed by atoms with E-state index in [2.05, 4.69) is 5.32 Å². The zero-order valence-electron chi connectivity index (χ0n) is 15.5. The van der Waals surface area contributed by atoms with Gasteiger partial charge in [0.1, 0.15) is 5.75 Å². The van der Waals surface area contributed by atoms with E-state index in [-0.39, 0.29) is 16.8 Å². The van der Waals surface area contributed by atoms with Crippen molar-refractivity contribution in [1.82, 2.24) is 9.62 Å². The number of carbonyl (C=O) groups is 1. The van der Waals surface area contributed by atoms with E-state index in [0.717, 1.165) is 11.3 Å². The van der Waals surface area contributed by atoms with Gasteiger partial charge < -0.3 is 10.1 Å². The van der Waals surface area contributed by atoms with Gasteiger partial charge in [0.25, 0.3) is 5.91 Å². The van der Waals surface area contributed by atoms with Crippen LogP contribution in [0.5, 0.6) is 5.75 Å². The summed E-state index contributed by atoms with van der Waals surface area (Å²) in [6, 6.07) is 13.6. The molecule has 0 aromatic heterocycles. The Kier molecular flexibility index (Phi) is 5.82. The molecule has 2 aromatic rings. The zero-order chi connectivity index (χ0) is 19.4. The van der Waals surface area contributed by atoms with Crippen molar-refractivity contribution in [2.75, 3.05) is 19.7 Å². The quantitative estimate of drug-likeness (QED) is 0.825. The van der Waals surface area contributed by atoms with Crippen molar-refractivity contribution in [3.63, 3.8) is 0 Å². The fourth-order valence-electron chi connectivity index (χ4n) is 3.24. The molecule has 0 aliphatic carbocycles. The maximum atomic E-state index is 12.8. The minimum Gasteiger partial charge on any atom is -0.493 e. The van der Waals surface area contributed by atoms with Gasteiger partial charge in [-0.25, -0.2) is 8.42 Å². The Morgan fingerprint density at radius 3 is 2.63 bits per heavy atom. The van der Waals surface area contributed by atoms with Crippen LogP contribution < -0.4 is 10.1 Å². The van der Waals surface area contributed by atoms with E-state index in [1.54, 1.807) is 26.0 Å². The Morgan fingerprint density at radius 2 is 1.89 bits per heavy atom. The third-order valence-electron chi connectivity index (χ3n) is 4.70. The van der Waals surface area contributed by atoms with Crippen LogP contribution >= 0.6 is 0 Å². The Hall–Kier alpha value is -2.38. The number of benzene rings is 2. The van der Waals surface area contributed by atoms with Gasteiger partial charge in [0, 0.05) is 30.6 Å². The molecule has 1 atom stereocenters. The Bertz CT molecular complexity index is 923. The highest BCUT2D eigenvalue weighted by Crippen LogP contribution is 2.31. The summed E-state index contributed by atoms with van der Waals surface area (Å²) in [5.41, 5.74) is 1.26. The van der Waals surface area contributed by atoms with E-state index >= 15 is 0 Å². The smallest absolute Gasteiger partial charge is 0.251 e. The molecule has 6 nitrogen and oxygen atoms in total. The first-order valence-electron chi connectivity index (χ1n) is 9.10. The number of carbonyl (C=O) groups excluding carboxylic acids is 1. The largest absolute Gasteiger partial charge is 0.493 e. The number of sulfonamides is 1. The number of amides is 1. The van der Waals surface area contributed by atoms with Gasteiger partial charge in [-0.2, -0.15) is 4.31 Å². The highest BCUT2D eigenvalue weighted by molar-refractivity contribution is 7.89. The number of para-hydroxylation sites is 1. The lowest BCUT2D eigenvalue weighted by Gasteiger charge is -2.26. The maximum Gasteiger partial charge on any atom is 0.251 e. The minimum atomic E-state index is -3.61. The molecule has 1 unspecified atom stereocenters. The summed E-state index contributed by atoms with van der Waals surface area (Å²) >= 11 is 0. The van der Waals surface area contributed by atoms with Gasteiger partial charge in [-0.15, -0.1) is 0 Å². The molecule has 1 N–H and O–H groups in total. The molecule has 2 aromatic carbocycles. The molecular formula is C20H24N2O4S. The number of hydrogen-bond acceptors (Lipinski definition) is 4. The monoisotopic (exact) mass is 388 g/mol. The molecule has 7 heteroatoms.